The Labute approximate surface area is 189 Å². The van der Waals surface area contributed by atoms with E-state index < -0.39 is 0 Å². The Morgan fingerprint density at radius 2 is 1.87 bits per heavy atom. The number of aliphatic hydroxyl groups is 1. The molecule has 1 aliphatic rings. The molecule has 0 bridgehead atoms. The average molecular weight is 445 g/mol. The number of thioether (sulfide) groups is 1. The van der Waals surface area contributed by atoms with Crippen molar-refractivity contribution < 1.29 is 5.11 Å². The molecular weight excluding hydrogens is 412 g/mol. The van der Waals surface area contributed by atoms with Crippen LogP contribution in [0.2, 0.25) is 0 Å². The van der Waals surface area contributed by atoms with Crippen molar-refractivity contribution in [2.75, 3.05) is 42.7 Å². The molecule has 0 saturated carbocycles. The number of nitrogens with two attached hydrogens (primary N) is 1. The molecule has 0 amide bonds. The fourth-order valence-electron chi connectivity index (χ4n) is 3.90. The number of thiocarbonyl (C=S) groups is 1. The summed E-state index contributed by atoms with van der Waals surface area (Å²) in [6.07, 6.45) is 5.53. The average Bonchev–Trinajstić information content (AvgIpc) is 2.77. The summed E-state index contributed by atoms with van der Waals surface area (Å²) in [5, 5.41) is 14.0. The van der Waals surface area contributed by atoms with Gasteiger partial charge < -0.3 is 21.1 Å². The Hall–Kier alpha value is -1.80. The Morgan fingerprint density at radius 3 is 2.53 bits per heavy atom. The van der Waals surface area contributed by atoms with Gasteiger partial charge in [0.25, 0.3) is 0 Å². The van der Waals surface area contributed by atoms with Crippen LogP contribution in [0, 0.1) is 0 Å². The maximum atomic E-state index is 10.6. The first-order chi connectivity index (χ1) is 14.6. The zero-order valence-electron chi connectivity index (χ0n) is 17.6. The Morgan fingerprint density at radius 1 is 1.13 bits per heavy atom. The van der Waals surface area contributed by atoms with E-state index in [2.05, 4.69) is 57.6 Å². The quantitative estimate of drug-likeness (QED) is 0.308. The highest BCUT2D eigenvalue weighted by Crippen LogP contribution is 2.27. The van der Waals surface area contributed by atoms with E-state index in [-0.39, 0.29) is 11.3 Å². The number of rotatable bonds is 9. The maximum Gasteiger partial charge on any atom is 0.168 e. The number of nitrogens with zero attached hydrogens (tertiary/aromatic N) is 2. The van der Waals surface area contributed by atoms with Crippen molar-refractivity contribution in [3.8, 4) is 0 Å². The minimum atomic E-state index is -0.353. The fourth-order valence-corrected chi connectivity index (χ4v) is 4.54. The Bertz CT molecular complexity index is 810. The summed E-state index contributed by atoms with van der Waals surface area (Å²) in [6.45, 7) is 3.73. The second-order valence-corrected chi connectivity index (χ2v) is 8.90. The molecule has 1 atom stereocenters. The second-order valence-electron chi connectivity index (χ2n) is 7.61. The van der Waals surface area contributed by atoms with E-state index in [0.717, 1.165) is 62.4 Å². The van der Waals surface area contributed by atoms with Crippen LogP contribution in [0.5, 0.6) is 0 Å². The highest BCUT2D eigenvalue weighted by Gasteiger charge is 2.22. The van der Waals surface area contributed by atoms with Crippen molar-refractivity contribution in [1.29, 1.82) is 0 Å². The number of hydrogen-bond acceptors (Lipinski definition) is 5. The molecule has 5 nitrogen and oxygen atoms in total. The van der Waals surface area contributed by atoms with E-state index >= 15 is 0 Å². The number of anilines is 2. The van der Waals surface area contributed by atoms with Gasteiger partial charge in [0, 0.05) is 36.8 Å². The van der Waals surface area contributed by atoms with Crippen LogP contribution in [0.3, 0.4) is 0 Å². The number of aryl methyl sites for hydroxylation is 1. The van der Waals surface area contributed by atoms with Crippen LogP contribution < -0.4 is 16.0 Å². The van der Waals surface area contributed by atoms with Crippen molar-refractivity contribution in [1.82, 2.24) is 4.90 Å². The highest BCUT2D eigenvalue weighted by atomic mass is 32.2. The van der Waals surface area contributed by atoms with Gasteiger partial charge >= 0.3 is 0 Å². The molecule has 3 rings (SSSR count). The van der Waals surface area contributed by atoms with Gasteiger partial charge in [0.05, 0.1) is 5.69 Å². The molecule has 1 aliphatic heterocycles. The van der Waals surface area contributed by atoms with E-state index in [1.807, 2.05) is 12.3 Å². The Kier molecular flexibility index (Phi) is 8.81. The van der Waals surface area contributed by atoms with Crippen molar-refractivity contribution in [2.24, 2.45) is 5.73 Å². The number of piperazine rings is 1. The van der Waals surface area contributed by atoms with Crippen molar-refractivity contribution in [2.45, 2.75) is 36.8 Å². The van der Waals surface area contributed by atoms with Crippen LogP contribution in [0.15, 0.2) is 53.4 Å². The molecule has 30 heavy (non-hydrogen) atoms. The third kappa shape index (κ3) is 6.60. The molecule has 1 heterocycles. The van der Waals surface area contributed by atoms with Gasteiger partial charge in [-0.1, -0.05) is 24.3 Å². The number of unbranched alkanes of at least 4 members (excludes halogenated alkanes) is 1. The van der Waals surface area contributed by atoms with Crippen LogP contribution in [0.4, 0.5) is 11.4 Å². The first-order valence-electron chi connectivity index (χ1n) is 10.5. The summed E-state index contributed by atoms with van der Waals surface area (Å²) in [5.41, 5.74) is 9.15. The molecule has 0 aromatic heterocycles. The minimum Gasteiger partial charge on any atom is -0.378 e. The highest BCUT2D eigenvalue weighted by molar-refractivity contribution is 7.98. The molecule has 0 aliphatic carbocycles. The molecule has 7 heteroatoms. The lowest BCUT2D eigenvalue weighted by Gasteiger charge is -2.38. The van der Waals surface area contributed by atoms with Gasteiger partial charge in [0.2, 0.25) is 0 Å². The van der Waals surface area contributed by atoms with Crippen LogP contribution in [0.1, 0.15) is 24.8 Å². The zero-order valence-corrected chi connectivity index (χ0v) is 19.2. The van der Waals surface area contributed by atoms with Crippen LogP contribution in [0.25, 0.3) is 0 Å². The zero-order chi connectivity index (χ0) is 21.3. The second kappa shape index (κ2) is 11.6. The molecule has 2 aromatic carbocycles. The molecule has 0 spiro atoms. The van der Waals surface area contributed by atoms with Gasteiger partial charge in [-0.15, -0.1) is 11.8 Å². The van der Waals surface area contributed by atoms with Gasteiger partial charge in [-0.05, 0) is 74.0 Å². The molecule has 1 saturated heterocycles. The normalized spacial score (nSPS) is 15.7. The third-order valence-corrected chi connectivity index (χ3v) is 6.45. The molecular formula is C23H32N4OS2. The Balaban J connectivity index is 1.40. The molecule has 2 aromatic rings. The van der Waals surface area contributed by atoms with Crippen molar-refractivity contribution >= 4 is 40.5 Å². The number of aliphatic hydroxyl groups excluding tert-OH is 1. The van der Waals surface area contributed by atoms with Crippen molar-refractivity contribution in [3.05, 3.63) is 54.1 Å². The van der Waals surface area contributed by atoms with E-state index in [4.69, 9.17) is 18.0 Å². The van der Waals surface area contributed by atoms with Gasteiger partial charge in [-0.25, -0.2) is 0 Å². The third-order valence-electron chi connectivity index (χ3n) is 5.56. The fraction of sp³-hybridized carbons (Fsp3) is 0.435. The molecule has 1 unspecified atom stereocenters. The summed E-state index contributed by atoms with van der Waals surface area (Å²) in [5.74, 6) is 0. The monoisotopic (exact) mass is 444 g/mol. The number of benzene rings is 2. The maximum absolute atomic E-state index is 10.6. The standard InChI is InChI=1S/C23H32N4OS2/c1-30-21-12-11-18(17-20(21)25-23(24)29)7-5-6-10-22(28)27-15-13-26(14-16-27)19-8-3-2-4-9-19/h2-4,8-9,11-12,17,22,28H,5-7,10,13-16H2,1H3,(H3,24,25,29). The molecule has 162 valence electrons. The molecule has 4 N–H and O–H groups in total. The number of nitrogens with one attached hydrogen (secondary N) is 1. The summed E-state index contributed by atoms with van der Waals surface area (Å²) in [4.78, 5) is 5.73. The first kappa shape index (κ1) is 22.9. The van der Waals surface area contributed by atoms with Crippen LogP contribution in [-0.4, -0.2) is 53.8 Å². The van der Waals surface area contributed by atoms with Gasteiger partial charge in [-0.3, -0.25) is 4.90 Å². The number of hydrogen-bond donors (Lipinski definition) is 3. The minimum absolute atomic E-state index is 0.290. The summed E-state index contributed by atoms with van der Waals surface area (Å²) < 4.78 is 0. The summed E-state index contributed by atoms with van der Waals surface area (Å²) in [6, 6.07) is 16.9. The lowest BCUT2D eigenvalue weighted by Crippen LogP contribution is -2.50. The topological polar surface area (TPSA) is 64.8 Å². The lowest BCUT2D eigenvalue weighted by molar-refractivity contribution is -0.00702. The molecule has 1 fully saturated rings. The van der Waals surface area contributed by atoms with E-state index in [9.17, 15) is 5.11 Å². The van der Waals surface area contributed by atoms with Crippen molar-refractivity contribution in [3.63, 3.8) is 0 Å². The van der Waals surface area contributed by atoms with E-state index in [1.54, 1.807) is 11.8 Å². The van der Waals surface area contributed by atoms with Gasteiger partial charge in [-0.2, -0.15) is 0 Å². The lowest BCUT2D eigenvalue weighted by atomic mass is 10.1. The first-order valence-corrected chi connectivity index (χ1v) is 12.2. The smallest absolute Gasteiger partial charge is 0.168 e. The van der Waals surface area contributed by atoms with E-state index in [1.165, 1.54) is 11.3 Å². The predicted octanol–water partition coefficient (Wildman–Crippen LogP) is 3.92. The van der Waals surface area contributed by atoms with Crippen LogP contribution >= 0.6 is 24.0 Å². The predicted molar refractivity (Wildman–Crippen MR) is 132 cm³/mol. The van der Waals surface area contributed by atoms with Gasteiger partial charge in [0.1, 0.15) is 6.23 Å². The van der Waals surface area contributed by atoms with Crippen LogP contribution in [-0.2, 0) is 6.42 Å². The molecule has 0 radical (unpaired) electrons. The largest absolute Gasteiger partial charge is 0.378 e. The summed E-state index contributed by atoms with van der Waals surface area (Å²) in [7, 11) is 0. The SMILES string of the molecule is CSc1ccc(CCCCC(O)N2CCN(c3ccccc3)CC2)cc1NC(N)=S. The number of para-hydroxylation sites is 1. The van der Waals surface area contributed by atoms with Gasteiger partial charge in [0.15, 0.2) is 5.11 Å². The summed E-state index contributed by atoms with van der Waals surface area (Å²) >= 11 is 6.66. The van der Waals surface area contributed by atoms with E-state index in [0.29, 0.717) is 0 Å².